The van der Waals surface area contributed by atoms with Crippen LogP contribution >= 0.6 is 15.9 Å². The van der Waals surface area contributed by atoms with Crippen LogP contribution in [0.5, 0.6) is 0 Å². The number of nitrogens with one attached hydrogen (secondary N) is 1. The summed E-state index contributed by atoms with van der Waals surface area (Å²) in [6, 6.07) is 3.35. The number of pyridine rings is 1. The molecule has 0 saturated heterocycles. The van der Waals surface area contributed by atoms with Gasteiger partial charge in [0.25, 0.3) is 5.91 Å². The van der Waals surface area contributed by atoms with Crippen LogP contribution in [0.25, 0.3) is 0 Å². The van der Waals surface area contributed by atoms with Gasteiger partial charge >= 0.3 is 0 Å². The van der Waals surface area contributed by atoms with E-state index in [-0.39, 0.29) is 18.9 Å². The molecule has 0 aliphatic rings. The summed E-state index contributed by atoms with van der Waals surface area (Å²) in [6.07, 6.45) is 2.35. The van der Waals surface area contributed by atoms with Crippen molar-refractivity contribution in [2.24, 2.45) is 5.41 Å². The summed E-state index contributed by atoms with van der Waals surface area (Å²) in [5.74, 6) is -0.295. The molecule has 0 fully saturated rings. The predicted octanol–water partition coefficient (Wildman–Crippen LogP) is 3.51. The first-order valence-electron chi connectivity index (χ1n) is 6.04. The van der Waals surface area contributed by atoms with Gasteiger partial charge in [-0.1, -0.05) is 19.9 Å². The van der Waals surface area contributed by atoms with Crippen molar-refractivity contribution in [3.8, 4) is 0 Å². The molecule has 0 aliphatic heterocycles. The minimum Gasteiger partial charge on any atom is -0.351 e. The molecular formula is C14H18BrFN2O. The van der Waals surface area contributed by atoms with Crippen LogP contribution in [-0.4, -0.2) is 23.6 Å². The quantitative estimate of drug-likeness (QED) is 0.812. The van der Waals surface area contributed by atoms with E-state index in [1.54, 1.807) is 38.3 Å². The summed E-state index contributed by atoms with van der Waals surface area (Å²) in [5, 5.41) is 2.65. The highest BCUT2D eigenvalue weighted by Crippen LogP contribution is 2.26. The van der Waals surface area contributed by atoms with Crippen molar-refractivity contribution in [1.29, 1.82) is 0 Å². The van der Waals surface area contributed by atoms with E-state index >= 15 is 0 Å². The van der Waals surface area contributed by atoms with Crippen molar-refractivity contribution in [2.75, 3.05) is 6.54 Å². The Morgan fingerprint density at radius 3 is 2.84 bits per heavy atom. The van der Waals surface area contributed by atoms with E-state index in [4.69, 9.17) is 0 Å². The fourth-order valence-corrected chi connectivity index (χ4v) is 1.65. The molecule has 0 bridgehead atoms. The molecule has 104 valence electrons. The van der Waals surface area contributed by atoms with Gasteiger partial charge in [0.2, 0.25) is 0 Å². The Kier molecular flexibility index (Phi) is 5.66. The number of halogens is 2. The van der Waals surface area contributed by atoms with Crippen LogP contribution in [-0.2, 0) is 0 Å². The summed E-state index contributed by atoms with van der Waals surface area (Å²) in [6.45, 7) is 7.44. The molecule has 0 aliphatic carbocycles. The molecule has 3 nitrogen and oxygen atoms in total. The van der Waals surface area contributed by atoms with Crippen molar-refractivity contribution in [3.05, 3.63) is 41.2 Å². The monoisotopic (exact) mass is 328 g/mol. The van der Waals surface area contributed by atoms with Gasteiger partial charge in [-0.2, -0.15) is 0 Å². The molecule has 1 heterocycles. The standard InChI is InChI=1S/C14H18BrFN2O/c1-4-14(2,3)12(16)7-8-17-13(19)11-6-5-10(15)9-18-11/h4-6,9,12H,1,7-8H2,2-3H3,(H,17,19)/t12-/m1/s1. The number of nitrogens with zero attached hydrogens (tertiary/aromatic N) is 1. The number of alkyl halides is 1. The topological polar surface area (TPSA) is 42.0 Å². The van der Waals surface area contributed by atoms with Crippen molar-refractivity contribution in [1.82, 2.24) is 10.3 Å². The zero-order chi connectivity index (χ0) is 14.5. The number of rotatable bonds is 6. The van der Waals surface area contributed by atoms with E-state index in [1.165, 1.54) is 0 Å². The predicted molar refractivity (Wildman–Crippen MR) is 77.8 cm³/mol. The van der Waals surface area contributed by atoms with Gasteiger partial charge in [-0.05, 0) is 34.5 Å². The maximum Gasteiger partial charge on any atom is 0.269 e. The number of aromatic nitrogens is 1. The molecule has 0 aromatic carbocycles. The van der Waals surface area contributed by atoms with Gasteiger partial charge in [0.05, 0.1) is 0 Å². The molecule has 0 unspecified atom stereocenters. The number of amides is 1. The zero-order valence-electron chi connectivity index (χ0n) is 11.1. The highest BCUT2D eigenvalue weighted by molar-refractivity contribution is 9.10. The fourth-order valence-electron chi connectivity index (χ4n) is 1.41. The van der Waals surface area contributed by atoms with Crippen LogP contribution < -0.4 is 5.32 Å². The highest BCUT2D eigenvalue weighted by Gasteiger charge is 2.25. The first-order chi connectivity index (χ1) is 8.86. The fraction of sp³-hybridized carbons (Fsp3) is 0.429. The zero-order valence-corrected chi connectivity index (χ0v) is 12.7. The van der Waals surface area contributed by atoms with Gasteiger partial charge in [0, 0.05) is 22.6 Å². The maximum atomic E-state index is 13.8. The van der Waals surface area contributed by atoms with Crippen LogP contribution in [0.1, 0.15) is 30.8 Å². The lowest BCUT2D eigenvalue weighted by Crippen LogP contribution is -2.31. The molecule has 19 heavy (non-hydrogen) atoms. The first kappa shape index (κ1) is 15.8. The second kappa shape index (κ2) is 6.80. The third kappa shape index (κ3) is 4.74. The first-order valence-corrected chi connectivity index (χ1v) is 6.83. The summed E-state index contributed by atoms with van der Waals surface area (Å²) in [5.41, 5.74) is -0.262. The van der Waals surface area contributed by atoms with Crippen LogP contribution in [0.2, 0.25) is 0 Å². The number of hydrogen-bond donors (Lipinski definition) is 1. The molecule has 0 spiro atoms. The summed E-state index contributed by atoms with van der Waals surface area (Å²) < 4.78 is 14.6. The number of carbonyl (C=O) groups is 1. The lowest BCUT2D eigenvalue weighted by Gasteiger charge is -2.24. The minimum absolute atomic E-state index is 0.251. The SMILES string of the molecule is C=CC(C)(C)[C@H](F)CCNC(=O)c1ccc(Br)cn1. The summed E-state index contributed by atoms with van der Waals surface area (Å²) in [7, 11) is 0. The number of hydrogen-bond acceptors (Lipinski definition) is 2. The maximum absolute atomic E-state index is 13.8. The van der Waals surface area contributed by atoms with E-state index in [1.807, 2.05) is 0 Å². The van der Waals surface area contributed by atoms with E-state index in [9.17, 15) is 9.18 Å². The Morgan fingerprint density at radius 1 is 1.63 bits per heavy atom. The molecular weight excluding hydrogens is 311 g/mol. The van der Waals surface area contributed by atoms with Gasteiger partial charge in [0.15, 0.2) is 0 Å². The Bertz CT molecular complexity index is 445. The second-order valence-electron chi connectivity index (χ2n) is 4.90. The van der Waals surface area contributed by atoms with Gasteiger partial charge in [-0.15, -0.1) is 6.58 Å². The Hall–Kier alpha value is -1.23. The van der Waals surface area contributed by atoms with Crippen LogP contribution in [0.3, 0.4) is 0 Å². The third-order valence-electron chi connectivity index (χ3n) is 2.98. The molecule has 1 amide bonds. The molecule has 5 heteroatoms. The van der Waals surface area contributed by atoms with Crippen molar-refractivity contribution >= 4 is 21.8 Å². The molecule has 1 N–H and O–H groups in total. The van der Waals surface area contributed by atoms with Crippen molar-refractivity contribution in [3.63, 3.8) is 0 Å². The molecule has 0 radical (unpaired) electrons. The summed E-state index contributed by atoms with van der Waals surface area (Å²) >= 11 is 3.24. The smallest absolute Gasteiger partial charge is 0.269 e. The van der Waals surface area contributed by atoms with E-state index in [0.29, 0.717) is 5.69 Å². The molecule has 1 atom stereocenters. The van der Waals surface area contributed by atoms with Crippen LogP contribution in [0, 0.1) is 5.41 Å². The van der Waals surface area contributed by atoms with Crippen LogP contribution in [0.4, 0.5) is 4.39 Å². The number of allylic oxidation sites excluding steroid dienone is 1. The normalized spacial score (nSPS) is 12.8. The van der Waals surface area contributed by atoms with Gasteiger partial charge in [-0.25, -0.2) is 9.37 Å². The van der Waals surface area contributed by atoms with Gasteiger partial charge in [-0.3, -0.25) is 4.79 Å². The average molecular weight is 329 g/mol. The highest BCUT2D eigenvalue weighted by atomic mass is 79.9. The molecule has 1 aromatic rings. The van der Waals surface area contributed by atoms with Crippen molar-refractivity contribution < 1.29 is 9.18 Å². The average Bonchev–Trinajstić information content (AvgIpc) is 2.39. The second-order valence-corrected chi connectivity index (χ2v) is 5.81. The Balaban J connectivity index is 2.43. The van der Waals surface area contributed by atoms with E-state index in [2.05, 4.69) is 32.8 Å². The lowest BCUT2D eigenvalue weighted by molar-refractivity contribution is 0.0938. The van der Waals surface area contributed by atoms with Crippen molar-refractivity contribution in [2.45, 2.75) is 26.4 Å². The Morgan fingerprint density at radius 2 is 2.32 bits per heavy atom. The number of carbonyl (C=O) groups excluding carboxylic acids is 1. The van der Waals surface area contributed by atoms with E-state index < -0.39 is 11.6 Å². The van der Waals surface area contributed by atoms with E-state index in [0.717, 1.165) is 4.47 Å². The molecule has 1 rings (SSSR count). The van der Waals surface area contributed by atoms with Gasteiger partial charge < -0.3 is 5.32 Å². The minimum atomic E-state index is -1.04. The largest absolute Gasteiger partial charge is 0.351 e. The Labute approximate surface area is 121 Å². The molecule has 1 aromatic heterocycles. The summed E-state index contributed by atoms with van der Waals surface area (Å²) in [4.78, 5) is 15.7. The lowest BCUT2D eigenvalue weighted by atomic mass is 9.86. The molecule has 0 saturated carbocycles. The van der Waals surface area contributed by atoms with Gasteiger partial charge in [0.1, 0.15) is 11.9 Å². The third-order valence-corrected chi connectivity index (χ3v) is 3.45. The van der Waals surface area contributed by atoms with Crippen LogP contribution in [0.15, 0.2) is 35.5 Å².